The molecule has 0 unspecified atom stereocenters. The molecule has 0 spiro atoms. The van der Waals surface area contributed by atoms with Crippen LogP contribution in [0.1, 0.15) is 13.8 Å². The molecule has 0 radical (unpaired) electrons. The van der Waals surface area contributed by atoms with Crippen LogP contribution in [0.15, 0.2) is 22.8 Å². The highest BCUT2D eigenvalue weighted by atomic mass is 79.9. The van der Waals surface area contributed by atoms with E-state index < -0.39 is 5.97 Å². The van der Waals surface area contributed by atoms with Crippen LogP contribution in [-0.2, 0) is 4.79 Å². The summed E-state index contributed by atoms with van der Waals surface area (Å²) in [7, 11) is 0. The number of aromatic nitrogens is 1. The molecule has 0 aliphatic heterocycles. The van der Waals surface area contributed by atoms with E-state index >= 15 is 0 Å². The maximum absolute atomic E-state index is 10.7. The number of carboxylic acids is 1. The van der Waals surface area contributed by atoms with E-state index in [-0.39, 0.29) is 12.6 Å². The third-order valence-electron chi connectivity index (χ3n) is 1.93. The molecule has 82 valence electrons. The summed E-state index contributed by atoms with van der Waals surface area (Å²) in [6.45, 7) is 3.84. The van der Waals surface area contributed by atoms with E-state index in [0.29, 0.717) is 5.82 Å². The molecule has 1 N–H and O–H groups in total. The third-order valence-corrected chi connectivity index (χ3v) is 2.40. The molecule has 0 amide bonds. The van der Waals surface area contributed by atoms with Crippen LogP contribution in [0, 0.1) is 0 Å². The Balaban J connectivity index is 2.88. The number of hydrogen-bond acceptors (Lipinski definition) is 3. The number of hydrogen-bond donors (Lipinski definition) is 1. The van der Waals surface area contributed by atoms with Gasteiger partial charge in [0.1, 0.15) is 12.4 Å². The van der Waals surface area contributed by atoms with Crippen LogP contribution in [0.4, 0.5) is 5.82 Å². The van der Waals surface area contributed by atoms with Gasteiger partial charge in [-0.05, 0) is 41.9 Å². The summed E-state index contributed by atoms with van der Waals surface area (Å²) in [5.74, 6) is -0.177. The van der Waals surface area contributed by atoms with Gasteiger partial charge in [-0.3, -0.25) is 4.79 Å². The first-order chi connectivity index (χ1) is 7.00. The SMILES string of the molecule is CC(C)N(CC(=O)O)c1ccc(Br)cn1. The minimum absolute atomic E-state index is 0.0354. The molecule has 0 atom stereocenters. The molecule has 0 fully saturated rings. The molecule has 5 heteroatoms. The first-order valence-corrected chi connectivity index (χ1v) is 5.40. The van der Waals surface area contributed by atoms with Crippen LogP contribution in [0.2, 0.25) is 0 Å². The molecule has 1 rings (SSSR count). The Kier molecular flexibility index (Phi) is 4.08. The van der Waals surface area contributed by atoms with Gasteiger partial charge in [-0.25, -0.2) is 4.98 Å². The molecule has 0 aliphatic carbocycles. The second kappa shape index (κ2) is 5.11. The van der Waals surface area contributed by atoms with Crippen molar-refractivity contribution in [1.29, 1.82) is 0 Å². The van der Waals surface area contributed by atoms with Gasteiger partial charge in [0.2, 0.25) is 0 Å². The molecular weight excluding hydrogens is 260 g/mol. The molecule has 0 saturated heterocycles. The topological polar surface area (TPSA) is 53.4 Å². The monoisotopic (exact) mass is 272 g/mol. The summed E-state index contributed by atoms with van der Waals surface area (Å²) >= 11 is 3.29. The zero-order valence-electron chi connectivity index (χ0n) is 8.64. The number of pyridine rings is 1. The minimum Gasteiger partial charge on any atom is -0.480 e. The molecule has 0 aromatic carbocycles. The average molecular weight is 273 g/mol. The van der Waals surface area contributed by atoms with Crippen molar-refractivity contribution in [3.8, 4) is 0 Å². The largest absolute Gasteiger partial charge is 0.480 e. The highest BCUT2D eigenvalue weighted by molar-refractivity contribution is 9.10. The Hall–Kier alpha value is -1.10. The van der Waals surface area contributed by atoms with E-state index in [9.17, 15) is 4.79 Å². The molecule has 4 nitrogen and oxygen atoms in total. The second-order valence-corrected chi connectivity index (χ2v) is 4.37. The third kappa shape index (κ3) is 3.51. The van der Waals surface area contributed by atoms with Crippen molar-refractivity contribution in [2.24, 2.45) is 0 Å². The van der Waals surface area contributed by atoms with Gasteiger partial charge in [-0.2, -0.15) is 0 Å². The molecular formula is C10H13BrN2O2. The zero-order valence-corrected chi connectivity index (χ0v) is 10.2. The van der Waals surface area contributed by atoms with Gasteiger partial charge >= 0.3 is 5.97 Å². The van der Waals surface area contributed by atoms with Gasteiger partial charge in [0.25, 0.3) is 0 Å². The fourth-order valence-corrected chi connectivity index (χ4v) is 1.45. The Morgan fingerprint density at radius 1 is 1.60 bits per heavy atom. The minimum atomic E-state index is -0.853. The number of nitrogens with zero attached hydrogens (tertiary/aromatic N) is 2. The summed E-state index contributed by atoms with van der Waals surface area (Å²) in [4.78, 5) is 16.6. The van der Waals surface area contributed by atoms with E-state index in [0.717, 1.165) is 4.47 Å². The predicted molar refractivity (Wildman–Crippen MR) is 62.1 cm³/mol. The van der Waals surface area contributed by atoms with Crippen LogP contribution < -0.4 is 4.90 Å². The maximum atomic E-state index is 10.7. The second-order valence-electron chi connectivity index (χ2n) is 3.45. The predicted octanol–water partition coefficient (Wildman–Crippen LogP) is 2.14. The number of carbonyl (C=O) groups is 1. The van der Waals surface area contributed by atoms with Crippen molar-refractivity contribution in [3.05, 3.63) is 22.8 Å². The fraction of sp³-hybridized carbons (Fsp3) is 0.400. The molecule has 1 aromatic heterocycles. The van der Waals surface area contributed by atoms with Crippen molar-refractivity contribution in [2.45, 2.75) is 19.9 Å². The van der Waals surface area contributed by atoms with Crippen LogP contribution in [0.3, 0.4) is 0 Å². The van der Waals surface area contributed by atoms with Gasteiger partial charge in [-0.15, -0.1) is 0 Å². The molecule has 0 saturated carbocycles. The van der Waals surface area contributed by atoms with Crippen LogP contribution in [-0.4, -0.2) is 28.6 Å². The molecule has 0 bridgehead atoms. The van der Waals surface area contributed by atoms with E-state index in [1.54, 1.807) is 17.2 Å². The zero-order chi connectivity index (χ0) is 11.4. The lowest BCUT2D eigenvalue weighted by Gasteiger charge is -2.25. The van der Waals surface area contributed by atoms with Crippen LogP contribution in [0.5, 0.6) is 0 Å². The standard InChI is InChI=1S/C10H13BrN2O2/c1-7(2)13(6-10(14)15)9-4-3-8(11)5-12-9/h3-5,7H,6H2,1-2H3,(H,14,15). The van der Waals surface area contributed by atoms with Crippen molar-refractivity contribution in [1.82, 2.24) is 4.98 Å². The Morgan fingerprint density at radius 3 is 2.67 bits per heavy atom. The highest BCUT2D eigenvalue weighted by Gasteiger charge is 2.14. The number of anilines is 1. The normalized spacial score (nSPS) is 10.4. The number of carboxylic acid groups (broad SMARTS) is 1. The van der Waals surface area contributed by atoms with Gasteiger partial charge in [0.05, 0.1) is 0 Å². The van der Waals surface area contributed by atoms with Crippen LogP contribution in [0.25, 0.3) is 0 Å². The summed E-state index contributed by atoms with van der Waals surface area (Å²) in [6.07, 6.45) is 1.66. The fourth-order valence-electron chi connectivity index (χ4n) is 1.21. The summed E-state index contributed by atoms with van der Waals surface area (Å²) in [5, 5.41) is 8.77. The van der Waals surface area contributed by atoms with Crippen LogP contribution >= 0.6 is 15.9 Å². The number of rotatable bonds is 4. The van der Waals surface area contributed by atoms with Crippen molar-refractivity contribution >= 4 is 27.7 Å². The van der Waals surface area contributed by atoms with Crippen molar-refractivity contribution < 1.29 is 9.90 Å². The van der Waals surface area contributed by atoms with Gasteiger partial charge < -0.3 is 10.0 Å². The van der Waals surface area contributed by atoms with Gasteiger partial charge in [0, 0.05) is 16.7 Å². The lowest BCUT2D eigenvalue weighted by atomic mass is 10.3. The smallest absolute Gasteiger partial charge is 0.323 e. The van der Waals surface area contributed by atoms with E-state index in [1.165, 1.54) is 0 Å². The molecule has 1 aromatic rings. The number of halogens is 1. The average Bonchev–Trinajstić information content (AvgIpc) is 2.15. The molecule has 15 heavy (non-hydrogen) atoms. The molecule has 1 heterocycles. The first kappa shape index (κ1) is 12.0. The Bertz CT molecular complexity index is 338. The molecule has 0 aliphatic rings. The maximum Gasteiger partial charge on any atom is 0.323 e. The Labute approximate surface area is 97.1 Å². The Morgan fingerprint density at radius 2 is 2.27 bits per heavy atom. The van der Waals surface area contributed by atoms with Gasteiger partial charge in [-0.1, -0.05) is 0 Å². The van der Waals surface area contributed by atoms with E-state index in [2.05, 4.69) is 20.9 Å². The summed E-state index contributed by atoms with van der Waals surface area (Å²) in [5.41, 5.74) is 0. The highest BCUT2D eigenvalue weighted by Crippen LogP contribution is 2.16. The first-order valence-electron chi connectivity index (χ1n) is 4.60. The lowest BCUT2D eigenvalue weighted by molar-refractivity contribution is -0.135. The summed E-state index contributed by atoms with van der Waals surface area (Å²) < 4.78 is 0.880. The lowest BCUT2D eigenvalue weighted by Crippen LogP contribution is -2.36. The van der Waals surface area contributed by atoms with Crippen molar-refractivity contribution in [2.75, 3.05) is 11.4 Å². The quantitative estimate of drug-likeness (QED) is 0.913. The van der Waals surface area contributed by atoms with E-state index in [1.807, 2.05) is 19.9 Å². The summed E-state index contributed by atoms with van der Waals surface area (Å²) in [6, 6.07) is 3.75. The van der Waals surface area contributed by atoms with Crippen molar-refractivity contribution in [3.63, 3.8) is 0 Å². The van der Waals surface area contributed by atoms with Gasteiger partial charge in [0.15, 0.2) is 0 Å². The number of aliphatic carboxylic acids is 1. The van der Waals surface area contributed by atoms with E-state index in [4.69, 9.17) is 5.11 Å².